The number of hydrogen-bond donors (Lipinski definition) is 0. The van der Waals surface area contributed by atoms with E-state index in [0.29, 0.717) is 17.6 Å². The first-order valence-corrected chi connectivity index (χ1v) is 6.40. The van der Waals surface area contributed by atoms with Crippen molar-refractivity contribution in [1.82, 2.24) is 0 Å². The minimum Gasteiger partial charge on any atom is -0.295 e. The monoisotopic (exact) mass is 218 g/mol. The van der Waals surface area contributed by atoms with Crippen LogP contribution >= 0.6 is 0 Å². The van der Waals surface area contributed by atoms with E-state index in [-0.39, 0.29) is 0 Å². The van der Waals surface area contributed by atoms with Gasteiger partial charge in [0.25, 0.3) is 0 Å². The highest BCUT2D eigenvalue weighted by Gasteiger charge is 2.57. The first-order chi connectivity index (χ1) is 7.57. The van der Waals surface area contributed by atoms with Gasteiger partial charge in [0.05, 0.1) is 0 Å². The van der Waals surface area contributed by atoms with Gasteiger partial charge in [-0.1, -0.05) is 32.1 Å². The van der Waals surface area contributed by atoms with Crippen molar-refractivity contribution >= 4 is 5.78 Å². The van der Waals surface area contributed by atoms with Gasteiger partial charge in [0.2, 0.25) is 0 Å². The molecule has 16 heavy (non-hydrogen) atoms. The molecule has 2 aliphatic rings. The molecule has 0 aromatic rings. The van der Waals surface area contributed by atoms with Crippen molar-refractivity contribution in [2.24, 2.45) is 17.3 Å². The number of rotatable bonds is 4. The van der Waals surface area contributed by atoms with Crippen LogP contribution in [0.15, 0.2) is 23.8 Å². The van der Waals surface area contributed by atoms with E-state index in [1.807, 2.05) is 13.0 Å². The van der Waals surface area contributed by atoms with Crippen LogP contribution in [0.2, 0.25) is 0 Å². The maximum absolute atomic E-state index is 11.9. The smallest absolute Gasteiger partial charge is 0.158 e. The largest absolute Gasteiger partial charge is 0.295 e. The van der Waals surface area contributed by atoms with Crippen molar-refractivity contribution in [3.8, 4) is 0 Å². The van der Waals surface area contributed by atoms with Crippen LogP contribution in [0.5, 0.6) is 0 Å². The highest BCUT2D eigenvalue weighted by atomic mass is 16.1. The van der Waals surface area contributed by atoms with E-state index in [4.69, 9.17) is 0 Å². The summed E-state index contributed by atoms with van der Waals surface area (Å²) in [6.45, 7) is 6.68. The van der Waals surface area contributed by atoms with Crippen LogP contribution in [-0.2, 0) is 4.79 Å². The minimum absolute atomic E-state index is 0.374. The van der Waals surface area contributed by atoms with Crippen LogP contribution in [0.4, 0.5) is 0 Å². The fraction of sp³-hybridized carbons (Fsp3) is 0.667. The molecule has 0 spiro atoms. The predicted octanol–water partition coefficient (Wildman–Crippen LogP) is 3.90. The quantitative estimate of drug-likeness (QED) is 0.654. The van der Waals surface area contributed by atoms with E-state index in [1.54, 1.807) is 0 Å². The van der Waals surface area contributed by atoms with Crippen molar-refractivity contribution in [1.29, 1.82) is 0 Å². The SMILES string of the molecule is CC=CCCC(=O)C1=CCC2C(C1)C2(C)C. The van der Waals surface area contributed by atoms with Crippen LogP contribution in [0, 0.1) is 17.3 Å². The van der Waals surface area contributed by atoms with Crippen molar-refractivity contribution < 1.29 is 4.79 Å². The van der Waals surface area contributed by atoms with E-state index in [1.165, 1.54) is 0 Å². The number of carbonyl (C=O) groups is 1. The number of carbonyl (C=O) groups excluding carboxylic acids is 1. The molecule has 2 aliphatic carbocycles. The summed E-state index contributed by atoms with van der Waals surface area (Å²) in [5.41, 5.74) is 1.60. The lowest BCUT2D eigenvalue weighted by atomic mass is 9.94. The lowest BCUT2D eigenvalue weighted by Gasteiger charge is -2.10. The van der Waals surface area contributed by atoms with Gasteiger partial charge >= 0.3 is 0 Å². The van der Waals surface area contributed by atoms with Gasteiger partial charge in [-0.15, -0.1) is 0 Å². The number of Topliss-reactive ketones (excluding diaryl/α,β-unsaturated/α-hetero) is 1. The standard InChI is InChI=1S/C15H22O/c1-4-5-6-7-14(16)11-8-9-12-13(10-11)15(12,2)3/h4-5,8,12-13H,6-7,9-10H2,1-3H3. The molecule has 2 atom stereocenters. The number of fused-ring (bicyclic) bond motifs is 1. The van der Waals surface area contributed by atoms with Gasteiger partial charge in [-0.05, 0) is 49.0 Å². The highest BCUT2D eigenvalue weighted by molar-refractivity contribution is 5.95. The third-order valence-corrected chi connectivity index (χ3v) is 4.48. The number of allylic oxidation sites excluding steroid dienone is 4. The molecule has 1 heteroatoms. The molecule has 0 N–H and O–H groups in total. The molecule has 0 aliphatic heterocycles. The fourth-order valence-electron chi connectivity index (χ4n) is 3.09. The maximum atomic E-state index is 11.9. The van der Waals surface area contributed by atoms with Gasteiger partial charge in [-0.3, -0.25) is 4.79 Å². The topological polar surface area (TPSA) is 17.1 Å². The first kappa shape index (κ1) is 11.6. The van der Waals surface area contributed by atoms with Gasteiger partial charge < -0.3 is 0 Å². The molecular formula is C15H22O. The lowest BCUT2D eigenvalue weighted by molar-refractivity contribution is -0.115. The third-order valence-electron chi connectivity index (χ3n) is 4.48. The van der Waals surface area contributed by atoms with Crippen LogP contribution in [0.25, 0.3) is 0 Å². The number of hydrogen-bond acceptors (Lipinski definition) is 1. The van der Waals surface area contributed by atoms with Crippen LogP contribution in [0.1, 0.15) is 46.5 Å². The van der Waals surface area contributed by atoms with Crippen molar-refractivity contribution in [3.63, 3.8) is 0 Å². The summed E-state index contributed by atoms with van der Waals surface area (Å²) < 4.78 is 0. The molecule has 88 valence electrons. The molecular weight excluding hydrogens is 196 g/mol. The molecule has 1 saturated carbocycles. The van der Waals surface area contributed by atoms with E-state index < -0.39 is 0 Å². The molecule has 0 heterocycles. The molecule has 0 radical (unpaired) electrons. The summed E-state index contributed by atoms with van der Waals surface area (Å²) in [5.74, 6) is 2.00. The first-order valence-electron chi connectivity index (χ1n) is 6.40. The Morgan fingerprint density at radius 1 is 1.50 bits per heavy atom. The summed E-state index contributed by atoms with van der Waals surface area (Å²) in [4.78, 5) is 11.9. The van der Waals surface area contributed by atoms with Gasteiger partial charge in [-0.25, -0.2) is 0 Å². The Labute approximate surface area is 98.6 Å². The summed E-state index contributed by atoms with van der Waals surface area (Å²) >= 11 is 0. The second-order valence-electron chi connectivity index (χ2n) is 5.73. The van der Waals surface area contributed by atoms with E-state index in [2.05, 4.69) is 26.0 Å². The molecule has 0 aromatic heterocycles. The van der Waals surface area contributed by atoms with Crippen LogP contribution in [-0.4, -0.2) is 5.78 Å². The van der Waals surface area contributed by atoms with E-state index in [0.717, 1.165) is 36.7 Å². The predicted molar refractivity (Wildman–Crippen MR) is 67.1 cm³/mol. The van der Waals surface area contributed by atoms with E-state index >= 15 is 0 Å². The third kappa shape index (κ3) is 2.00. The Hall–Kier alpha value is -0.850. The molecule has 2 rings (SSSR count). The average molecular weight is 218 g/mol. The Kier molecular flexibility index (Phi) is 3.05. The zero-order chi connectivity index (χ0) is 11.8. The Balaban J connectivity index is 1.88. The number of ketones is 1. The zero-order valence-electron chi connectivity index (χ0n) is 10.6. The Morgan fingerprint density at radius 2 is 2.25 bits per heavy atom. The molecule has 0 bridgehead atoms. The maximum Gasteiger partial charge on any atom is 0.158 e. The van der Waals surface area contributed by atoms with Crippen molar-refractivity contribution in [3.05, 3.63) is 23.8 Å². The van der Waals surface area contributed by atoms with E-state index in [9.17, 15) is 4.79 Å². The molecule has 0 saturated heterocycles. The summed E-state index contributed by atoms with van der Waals surface area (Å²) in [5, 5.41) is 0. The molecule has 0 aromatic carbocycles. The molecule has 0 amide bonds. The van der Waals surface area contributed by atoms with Crippen LogP contribution < -0.4 is 0 Å². The summed E-state index contributed by atoms with van der Waals surface area (Å²) in [6, 6.07) is 0. The summed E-state index contributed by atoms with van der Waals surface area (Å²) in [6.07, 6.45) is 10.0. The zero-order valence-corrected chi connectivity index (χ0v) is 10.6. The Bertz CT molecular complexity index is 346. The molecule has 2 unspecified atom stereocenters. The van der Waals surface area contributed by atoms with Gasteiger partial charge in [-0.2, -0.15) is 0 Å². The second kappa shape index (κ2) is 4.20. The fourth-order valence-corrected chi connectivity index (χ4v) is 3.09. The van der Waals surface area contributed by atoms with Gasteiger partial charge in [0.15, 0.2) is 5.78 Å². The highest BCUT2D eigenvalue weighted by Crippen LogP contribution is 2.64. The molecule has 1 fully saturated rings. The average Bonchev–Trinajstić information content (AvgIpc) is 2.81. The Morgan fingerprint density at radius 3 is 2.88 bits per heavy atom. The van der Waals surface area contributed by atoms with Crippen molar-refractivity contribution in [2.45, 2.75) is 46.5 Å². The van der Waals surface area contributed by atoms with Gasteiger partial charge in [0, 0.05) is 6.42 Å². The minimum atomic E-state index is 0.374. The van der Waals surface area contributed by atoms with Gasteiger partial charge in [0.1, 0.15) is 0 Å². The van der Waals surface area contributed by atoms with Crippen molar-refractivity contribution in [2.75, 3.05) is 0 Å². The second-order valence-corrected chi connectivity index (χ2v) is 5.73. The lowest BCUT2D eigenvalue weighted by Crippen LogP contribution is -2.06. The normalized spacial score (nSPS) is 31.1. The molecule has 1 nitrogen and oxygen atoms in total. The van der Waals surface area contributed by atoms with Crippen LogP contribution in [0.3, 0.4) is 0 Å². The summed E-state index contributed by atoms with van der Waals surface area (Å²) in [7, 11) is 0.